The number of hydrogen-bond acceptors (Lipinski definition) is 4. The second kappa shape index (κ2) is 4.36. The molecule has 0 radical (unpaired) electrons. The van der Waals surface area contributed by atoms with Crippen molar-refractivity contribution in [2.75, 3.05) is 13.2 Å². The van der Waals surface area contributed by atoms with Gasteiger partial charge in [0.1, 0.15) is 0 Å². The number of ether oxygens (including phenoxy) is 1. The zero-order chi connectivity index (χ0) is 12.6. The maximum Gasteiger partial charge on any atom is 0.223 e. The summed E-state index contributed by atoms with van der Waals surface area (Å²) in [4.78, 5) is 14.1. The van der Waals surface area contributed by atoms with Gasteiger partial charge in [0.15, 0.2) is 5.66 Å². The van der Waals surface area contributed by atoms with E-state index in [0.717, 1.165) is 19.4 Å². The number of likely N-dealkylation sites (tertiary alicyclic amines) is 1. The molecule has 0 aliphatic carbocycles. The summed E-state index contributed by atoms with van der Waals surface area (Å²) in [5.74, 6) is 2.81. The van der Waals surface area contributed by atoms with E-state index in [0.29, 0.717) is 31.9 Å². The second-order valence-electron chi connectivity index (χ2n) is 5.28. The minimum Gasteiger partial charge on any atom is -0.374 e. The predicted molar refractivity (Wildman–Crippen MR) is 64.7 cm³/mol. The molecule has 0 spiro atoms. The first-order chi connectivity index (χ1) is 8.72. The van der Waals surface area contributed by atoms with Crippen LogP contribution >= 0.6 is 0 Å². The van der Waals surface area contributed by atoms with Crippen molar-refractivity contribution in [2.24, 2.45) is 10.2 Å². The average molecular weight is 247 g/mol. The fraction of sp³-hybridized carbons (Fsp3) is 0.769. The third kappa shape index (κ3) is 2.13. The highest BCUT2D eigenvalue weighted by Crippen LogP contribution is 2.38. The summed E-state index contributed by atoms with van der Waals surface area (Å²) in [6.45, 7) is 1.46. The summed E-state index contributed by atoms with van der Waals surface area (Å²) < 4.78 is 5.49. The molecule has 0 aromatic heterocycles. The van der Waals surface area contributed by atoms with Crippen LogP contribution in [0.1, 0.15) is 32.1 Å². The fourth-order valence-electron chi connectivity index (χ4n) is 2.82. The van der Waals surface area contributed by atoms with Crippen molar-refractivity contribution in [2.45, 2.75) is 49.9 Å². The third-order valence-electron chi connectivity index (χ3n) is 4.01. The Labute approximate surface area is 107 Å². The van der Waals surface area contributed by atoms with Crippen LogP contribution in [0.5, 0.6) is 0 Å². The predicted octanol–water partition coefficient (Wildman–Crippen LogP) is 1.34. The van der Waals surface area contributed by atoms with Gasteiger partial charge >= 0.3 is 0 Å². The normalized spacial score (nSPS) is 30.5. The Kier molecular flexibility index (Phi) is 2.83. The molecule has 18 heavy (non-hydrogen) atoms. The Bertz CT molecular complexity index is 420. The van der Waals surface area contributed by atoms with E-state index in [9.17, 15) is 4.79 Å². The van der Waals surface area contributed by atoms with Crippen LogP contribution in [0, 0.1) is 12.3 Å². The van der Waals surface area contributed by atoms with Gasteiger partial charge in [0.25, 0.3) is 0 Å². The molecule has 0 saturated carbocycles. The Morgan fingerprint density at radius 1 is 1.50 bits per heavy atom. The molecule has 3 aliphatic heterocycles. The molecule has 3 rings (SSSR count). The lowest BCUT2D eigenvalue weighted by molar-refractivity contribution is -0.135. The highest BCUT2D eigenvalue weighted by molar-refractivity contribution is 5.77. The lowest BCUT2D eigenvalue weighted by atomic mass is 10.0. The van der Waals surface area contributed by atoms with E-state index in [-0.39, 0.29) is 17.7 Å². The highest BCUT2D eigenvalue weighted by atomic mass is 16.5. The molecule has 2 fully saturated rings. The number of nitrogens with zero attached hydrogens (tertiary/aromatic N) is 3. The van der Waals surface area contributed by atoms with E-state index in [4.69, 9.17) is 11.2 Å². The quantitative estimate of drug-likeness (QED) is 0.688. The topological polar surface area (TPSA) is 54.3 Å². The summed E-state index contributed by atoms with van der Waals surface area (Å²) in [7, 11) is 0. The van der Waals surface area contributed by atoms with Gasteiger partial charge in [-0.15, -0.1) is 12.3 Å². The monoisotopic (exact) mass is 247 g/mol. The number of hydrogen-bond donors (Lipinski definition) is 0. The van der Waals surface area contributed by atoms with Gasteiger partial charge in [-0.3, -0.25) is 4.79 Å². The van der Waals surface area contributed by atoms with Crippen molar-refractivity contribution in [1.29, 1.82) is 0 Å². The van der Waals surface area contributed by atoms with Crippen molar-refractivity contribution in [3.63, 3.8) is 0 Å². The smallest absolute Gasteiger partial charge is 0.223 e. The van der Waals surface area contributed by atoms with E-state index in [1.807, 2.05) is 4.90 Å². The second-order valence-corrected chi connectivity index (χ2v) is 5.28. The summed E-state index contributed by atoms with van der Waals surface area (Å²) in [6, 6.07) is 0.303. The van der Waals surface area contributed by atoms with Gasteiger partial charge in [0, 0.05) is 32.2 Å². The van der Waals surface area contributed by atoms with Gasteiger partial charge in [-0.2, -0.15) is 10.2 Å². The molecule has 0 aromatic rings. The summed E-state index contributed by atoms with van der Waals surface area (Å²) >= 11 is 0. The van der Waals surface area contributed by atoms with Gasteiger partial charge in [0.2, 0.25) is 5.91 Å². The first kappa shape index (κ1) is 11.7. The number of carbonyl (C=O) groups is 1. The molecule has 2 bridgehead atoms. The summed E-state index contributed by atoms with van der Waals surface area (Å²) in [5.41, 5.74) is -0.336. The maximum absolute atomic E-state index is 12.1. The van der Waals surface area contributed by atoms with Crippen LogP contribution in [0.4, 0.5) is 0 Å². The standard InChI is InChI=1S/C13H17N3O2/c1-2-3-5-13(14-15-13)6-4-12(17)16-8-11-7-10(16)9-18-11/h1,10-11H,3-9H2/t10-,11-/m0/s1. The summed E-state index contributed by atoms with van der Waals surface area (Å²) in [6.07, 6.45) is 9.16. The van der Waals surface area contributed by atoms with Gasteiger partial charge in [-0.25, -0.2) is 0 Å². The Morgan fingerprint density at radius 3 is 2.89 bits per heavy atom. The van der Waals surface area contributed by atoms with Gasteiger partial charge in [-0.05, 0) is 6.42 Å². The lowest BCUT2D eigenvalue weighted by Crippen LogP contribution is -2.41. The molecule has 1 amide bonds. The van der Waals surface area contributed by atoms with Gasteiger partial charge in [0.05, 0.1) is 18.8 Å². The molecule has 5 heteroatoms. The van der Waals surface area contributed by atoms with Crippen molar-refractivity contribution < 1.29 is 9.53 Å². The Balaban J connectivity index is 1.46. The number of morpholine rings is 1. The zero-order valence-corrected chi connectivity index (χ0v) is 10.3. The van der Waals surface area contributed by atoms with Crippen molar-refractivity contribution in [3.8, 4) is 12.3 Å². The largest absolute Gasteiger partial charge is 0.374 e. The molecule has 3 heterocycles. The number of fused-ring (bicyclic) bond motifs is 2. The number of carbonyl (C=O) groups excluding carboxylic acids is 1. The Hall–Kier alpha value is -1.41. The van der Waals surface area contributed by atoms with Crippen LogP contribution in [0.2, 0.25) is 0 Å². The zero-order valence-electron chi connectivity index (χ0n) is 10.3. The maximum atomic E-state index is 12.1. The van der Waals surface area contributed by atoms with Gasteiger partial charge in [-0.1, -0.05) is 0 Å². The van der Waals surface area contributed by atoms with Crippen molar-refractivity contribution >= 4 is 5.91 Å². The number of amides is 1. The summed E-state index contributed by atoms with van der Waals surface area (Å²) in [5, 5.41) is 8.10. The van der Waals surface area contributed by atoms with Crippen LogP contribution in [-0.4, -0.2) is 41.8 Å². The number of rotatable bonds is 5. The molecule has 0 N–H and O–H groups in total. The molecule has 96 valence electrons. The van der Waals surface area contributed by atoms with Crippen LogP contribution < -0.4 is 0 Å². The van der Waals surface area contributed by atoms with E-state index in [1.165, 1.54) is 0 Å². The van der Waals surface area contributed by atoms with Crippen LogP contribution in [-0.2, 0) is 9.53 Å². The van der Waals surface area contributed by atoms with E-state index < -0.39 is 0 Å². The SMILES string of the molecule is C#CCCC1(CCC(=O)N2C[C@@H]3C[C@H]2CO3)N=N1. The molecule has 2 atom stereocenters. The van der Waals surface area contributed by atoms with Crippen LogP contribution in [0.3, 0.4) is 0 Å². The molecule has 2 saturated heterocycles. The van der Waals surface area contributed by atoms with E-state index in [1.54, 1.807) is 0 Å². The molecule has 3 aliphatic rings. The number of terminal acetylenes is 1. The fourth-order valence-corrected chi connectivity index (χ4v) is 2.82. The van der Waals surface area contributed by atoms with Crippen molar-refractivity contribution in [3.05, 3.63) is 0 Å². The Morgan fingerprint density at radius 2 is 2.33 bits per heavy atom. The molecule has 0 aromatic carbocycles. The van der Waals surface area contributed by atoms with Gasteiger partial charge < -0.3 is 9.64 Å². The van der Waals surface area contributed by atoms with Crippen LogP contribution in [0.15, 0.2) is 10.2 Å². The molecular weight excluding hydrogens is 230 g/mol. The first-order valence-corrected chi connectivity index (χ1v) is 6.51. The minimum atomic E-state index is -0.336. The highest BCUT2D eigenvalue weighted by Gasteiger charge is 2.43. The molecule has 5 nitrogen and oxygen atoms in total. The van der Waals surface area contributed by atoms with E-state index in [2.05, 4.69) is 16.1 Å². The van der Waals surface area contributed by atoms with Crippen LogP contribution in [0.25, 0.3) is 0 Å². The lowest BCUT2D eigenvalue weighted by Gasteiger charge is -2.27. The first-order valence-electron chi connectivity index (χ1n) is 6.51. The average Bonchev–Trinajstić information content (AvgIpc) is 2.84. The third-order valence-corrected chi connectivity index (χ3v) is 4.01. The minimum absolute atomic E-state index is 0.211. The van der Waals surface area contributed by atoms with Crippen molar-refractivity contribution in [1.82, 2.24) is 4.90 Å². The molecule has 0 unspecified atom stereocenters. The van der Waals surface area contributed by atoms with E-state index >= 15 is 0 Å². The molecular formula is C13H17N3O2.